The Kier molecular flexibility index (Phi) is 4.37. The highest BCUT2D eigenvalue weighted by atomic mass is 16.2. The van der Waals surface area contributed by atoms with E-state index in [2.05, 4.69) is 18.9 Å². The number of aromatic nitrogens is 3. The fourth-order valence-corrected chi connectivity index (χ4v) is 3.25. The Morgan fingerprint density at radius 2 is 1.96 bits per heavy atom. The molecule has 124 valence electrons. The first-order valence-electron chi connectivity index (χ1n) is 8.70. The van der Waals surface area contributed by atoms with E-state index in [1.807, 2.05) is 24.9 Å². The summed E-state index contributed by atoms with van der Waals surface area (Å²) in [5.74, 6) is 0.644. The van der Waals surface area contributed by atoms with Crippen molar-refractivity contribution in [2.24, 2.45) is 7.05 Å². The lowest BCUT2D eigenvalue weighted by molar-refractivity contribution is 0.0757. The summed E-state index contributed by atoms with van der Waals surface area (Å²) >= 11 is 0. The van der Waals surface area contributed by atoms with Crippen molar-refractivity contribution < 1.29 is 4.79 Å². The van der Waals surface area contributed by atoms with E-state index in [-0.39, 0.29) is 5.91 Å². The Morgan fingerprint density at radius 3 is 2.52 bits per heavy atom. The topological polar surface area (TPSA) is 51.0 Å². The molecular formula is C18H26N4O. The quantitative estimate of drug-likeness (QED) is 0.821. The third kappa shape index (κ3) is 2.96. The van der Waals surface area contributed by atoms with Crippen molar-refractivity contribution in [3.63, 3.8) is 0 Å². The number of carbonyl (C=O) groups excluding carboxylic acids is 1. The van der Waals surface area contributed by atoms with E-state index in [0.29, 0.717) is 5.92 Å². The Morgan fingerprint density at radius 1 is 1.30 bits per heavy atom. The molecule has 0 N–H and O–H groups in total. The zero-order chi connectivity index (χ0) is 16.6. The van der Waals surface area contributed by atoms with Gasteiger partial charge in [-0.1, -0.05) is 13.8 Å². The number of amides is 1. The Hall–Kier alpha value is -1.91. The summed E-state index contributed by atoms with van der Waals surface area (Å²) < 4.78 is 1.80. The fraction of sp³-hybridized carbons (Fsp3) is 0.611. The minimum absolute atomic E-state index is 0.124. The lowest BCUT2D eigenvalue weighted by Crippen LogP contribution is -2.32. The highest BCUT2D eigenvalue weighted by molar-refractivity contribution is 6.06. The van der Waals surface area contributed by atoms with Gasteiger partial charge in [-0.05, 0) is 38.7 Å². The highest BCUT2D eigenvalue weighted by Crippen LogP contribution is 2.40. The van der Waals surface area contributed by atoms with Gasteiger partial charge < -0.3 is 4.90 Å². The van der Waals surface area contributed by atoms with Crippen molar-refractivity contribution in [1.29, 1.82) is 0 Å². The van der Waals surface area contributed by atoms with Gasteiger partial charge in [-0.15, -0.1) is 0 Å². The van der Waals surface area contributed by atoms with E-state index in [1.165, 1.54) is 12.8 Å². The minimum atomic E-state index is 0.124. The molecule has 0 radical (unpaired) electrons. The van der Waals surface area contributed by atoms with E-state index in [1.54, 1.807) is 4.68 Å². The summed E-state index contributed by atoms with van der Waals surface area (Å²) in [4.78, 5) is 19.9. The molecule has 0 unspecified atom stereocenters. The molecule has 0 aromatic carbocycles. The molecule has 1 amide bonds. The molecule has 2 aromatic rings. The van der Waals surface area contributed by atoms with E-state index >= 15 is 0 Å². The molecule has 5 heteroatoms. The maximum atomic E-state index is 13.2. The number of carbonyl (C=O) groups is 1. The summed E-state index contributed by atoms with van der Waals surface area (Å²) in [5, 5.41) is 5.40. The Labute approximate surface area is 137 Å². The van der Waals surface area contributed by atoms with Crippen molar-refractivity contribution in [2.75, 3.05) is 13.1 Å². The maximum absolute atomic E-state index is 13.2. The van der Waals surface area contributed by atoms with Crippen LogP contribution in [-0.2, 0) is 7.05 Å². The standard InChI is InChI=1S/C18H26N4O/c1-5-9-22(10-6-2)18(23)14-11-15(13-7-8-13)19-17-16(14)12(3)20-21(17)4/h11,13H,5-10H2,1-4H3. The molecule has 0 aliphatic heterocycles. The largest absolute Gasteiger partial charge is 0.339 e. The van der Waals surface area contributed by atoms with Crippen LogP contribution in [0.2, 0.25) is 0 Å². The SMILES string of the molecule is CCCN(CCC)C(=O)c1cc(C2CC2)nc2c1c(C)nn2C. The van der Waals surface area contributed by atoms with Gasteiger partial charge in [0.1, 0.15) is 0 Å². The maximum Gasteiger partial charge on any atom is 0.254 e. The van der Waals surface area contributed by atoms with E-state index in [0.717, 1.165) is 53.9 Å². The smallest absolute Gasteiger partial charge is 0.254 e. The molecule has 1 fully saturated rings. The second-order valence-corrected chi connectivity index (χ2v) is 6.57. The van der Waals surface area contributed by atoms with E-state index in [4.69, 9.17) is 4.98 Å². The summed E-state index contributed by atoms with van der Waals surface area (Å²) in [6.07, 6.45) is 4.30. The van der Waals surface area contributed by atoms with Gasteiger partial charge in [0.15, 0.2) is 5.65 Å². The van der Waals surface area contributed by atoms with Crippen LogP contribution in [0.1, 0.15) is 67.2 Å². The van der Waals surface area contributed by atoms with Crippen LogP contribution >= 0.6 is 0 Å². The van der Waals surface area contributed by atoms with E-state index < -0.39 is 0 Å². The summed E-state index contributed by atoms with van der Waals surface area (Å²) in [6, 6.07) is 2.02. The van der Waals surface area contributed by atoms with Gasteiger partial charge in [-0.25, -0.2) is 4.98 Å². The molecule has 2 aromatic heterocycles. The molecule has 0 saturated heterocycles. The predicted octanol–water partition coefficient (Wildman–Crippen LogP) is 3.42. The highest BCUT2D eigenvalue weighted by Gasteiger charge is 2.29. The number of rotatable bonds is 6. The first kappa shape index (κ1) is 16.0. The lowest BCUT2D eigenvalue weighted by atomic mass is 10.1. The average Bonchev–Trinajstić information content (AvgIpc) is 3.33. The third-order valence-electron chi connectivity index (χ3n) is 4.49. The van der Waals surface area contributed by atoms with Crippen LogP contribution in [-0.4, -0.2) is 38.7 Å². The van der Waals surface area contributed by atoms with Crippen molar-refractivity contribution >= 4 is 16.9 Å². The van der Waals surface area contributed by atoms with E-state index in [9.17, 15) is 4.79 Å². The molecule has 1 aliphatic rings. The molecule has 1 aliphatic carbocycles. The molecular weight excluding hydrogens is 288 g/mol. The Balaban J connectivity index is 2.12. The van der Waals surface area contributed by atoms with Crippen molar-refractivity contribution in [3.8, 4) is 0 Å². The number of nitrogens with zero attached hydrogens (tertiary/aromatic N) is 4. The van der Waals surface area contributed by atoms with Crippen molar-refractivity contribution in [1.82, 2.24) is 19.7 Å². The number of hydrogen-bond donors (Lipinski definition) is 0. The zero-order valence-electron chi connectivity index (χ0n) is 14.6. The number of pyridine rings is 1. The fourth-order valence-electron chi connectivity index (χ4n) is 3.25. The summed E-state index contributed by atoms with van der Waals surface area (Å²) in [5.41, 5.74) is 3.55. The molecule has 3 rings (SSSR count). The summed E-state index contributed by atoms with van der Waals surface area (Å²) in [6.45, 7) is 7.79. The van der Waals surface area contributed by atoms with Gasteiger partial charge in [0.05, 0.1) is 16.6 Å². The van der Waals surface area contributed by atoms with Gasteiger partial charge in [-0.3, -0.25) is 9.48 Å². The molecule has 5 nitrogen and oxygen atoms in total. The monoisotopic (exact) mass is 314 g/mol. The minimum Gasteiger partial charge on any atom is -0.339 e. The van der Waals surface area contributed by atoms with Crippen LogP contribution < -0.4 is 0 Å². The van der Waals surface area contributed by atoms with Crippen LogP contribution in [0.15, 0.2) is 6.07 Å². The molecule has 0 bridgehead atoms. The first-order valence-corrected chi connectivity index (χ1v) is 8.70. The van der Waals surface area contributed by atoms with Gasteiger partial charge >= 0.3 is 0 Å². The molecule has 2 heterocycles. The molecule has 0 atom stereocenters. The van der Waals surface area contributed by atoms with Crippen molar-refractivity contribution in [2.45, 2.75) is 52.4 Å². The van der Waals surface area contributed by atoms with Crippen LogP contribution in [0.5, 0.6) is 0 Å². The van der Waals surface area contributed by atoms with Crippen LogP contribution in [0, 0.1) is 6.92 Å². The Bertz CT molecular complexity index is 724. The number of aryl methyl sites for hydroxylation is 2. The molecule has 23 heavy (non-hydrogen) atoms. The predicted molar refractivity (Wildman–Crippen MR) is 91.7 cm³/mol. The molecule has 0 spiro atoms. The lowest BCUT2D eigenvalue weighted by Gasteiger charge is -2.22. The van der Waals surface area contributed by atoms with Gasteiger partial charge in [0, 0.05) is 31.7 Å². The second-order valence-electron chi connectivity index (χ2n) is 6.57. The second kappa shape index (κ2) is 6.30. The normalized spacial score (nSPS) is 14.4. The first-order chi connectivity index (χ1) is 11.1. The van der Waals surface area contributed by atoms with Crippen molar-refractivity contribution in [3.05, 3.63) is 23.0 Å². The number of fused-ring (bicyclic) bond motifs is 1. The number of hydrogen-bond acceptors (Lipinski definition) is 3. The van der Waals surface area contributed by atoms with Crippen LogP contribution in [0.3, 0.4) is 0 Å². The zero-order valence-corrected chi connectivity index (χ0v) is 14.6. The van der Waals surface area contributed by atoms with Gasteiger partial charge in [0.2, 0.25) is 0 Å². The summed E-state index contributed by atoms with van der Waals surface area (Å²) in [7, 11) is 1.91. The van der Waals surface area contributed by atoms with Gasteiger partial charge in [-0.2, -0.15) is 5.10 Å². The third-order valence-corrected chi connectivity index (χ3v) is 4.49. The average molecular weight is 314 g/mol. The van der Waals surface area contributed by atoms with Gasteiger partial charge in [0.25, 0.3) is 5.91 Å². The van der Waals surface area contributed by atoms with Crippen LogP contribution in [0.25, 0.3) is 11.0 Å². The van der Waals surface area contributed by atoms with Crippen LogP contribution in [0.4, 0.5) is 0 Å². The molecule has 1 saturated carbocycles.